The lowest BCUT2D eigenvalue weighted by atomic mass is 10.5. The van der Waals surface area contributed by atoms with Crippen LogP contribution in [-0.4, -0.2) is 58.1 Å². The standard InChI is InChI=1S/C10H18O5/c1-2-12-10(15-6-9-5-14-9)7-11-3-8-4-13-8/h8-10H,2-7H2,1H3. The first-order valence-corrected chi connectivity index (χ1v) is 5.42. The van der Waals surface area contributed by atoms with Crippen LogP contribution in [0.3, 0.4) is 0 Å². The van der Waals surface area contributed by atoms with Gasteiger partial charge in [-0.1, -0.05) is 0 Å². The van der Waals surface area contributed by atoms with E-state index in [1.54, 1.807) is 0 Å². The normalized spacial score (nSPS) is 30.2. The van der Waals surface area contributed by atoms with Gasteiger partial charge in [0, 0.05) is 6.61 Å². The van der Waals surface area contributed by atoms with Gasteiger partial charge < -0.3 is 23.7 Å². The first-order valence-electron chi connectivity index (χ1n) is 5.42. The third-order valence-corrected chi connectivity index (χ3v) is 2.18. The minimum Gasteiger partial charge on any atom is -0.373 e. The van der Waals surface area contributed by atoms with Gasteiger partial charge in [0.1, 0.15) is 12.2 Å². The van der Waals surface area contributed by atoms with E-state index in [0.717, 1.165) is 13.2 Å². The highest BCUT2D eigenvalue weighted by atomic mass is 16.7. The summed E-state index contributed by atoms with van der Waals surface area (Å²) in [5.74, 6) is 0. The molecule has 0 aromatic carbocycles. The maximum Gasteiger partial charge on any atom is 0.180 e. The van der Waals surface area contributed by atoms with Gasteiger partial charge in [0.05, 0.1) is 33.0 Å². The summed E-state index contributed by atoms with van der Waals surface area (Å²) in [6, 6.07) is 0. The lowest BCUT2D eigenvalue weighted by Crippen LogP contribution is -2.26. The van der Waals surface area contributed by atoms with E-state index in [9.17, 15) is 0 Å². The summed E-state index contributed by atoms with van der Waals surface area (Å²) in [6.45, 7) is 5.86. The molecule has 15 heavy (non-hydrogen) atoms. The summed E-state index contributed by atoms with van der Waals surface area (Å²) in [6.07, 6.45) is 0.275. The molecule has 0 amide bonds. The van der Waals surface area contributed by atoms with Gasteiger partial charge in [0.25, 0.3) is 0 Å². The van der Waals surface area contributed by atoms with Gasteiger partial charge in [-0.3, -0.25) is 0 Å². The van der Waals surface area contributed by atoms with E-state index in [2.05, 4.69) is 0 Å². The molecule has 2 heterocycles. The van der Waals surface area contributed by atoms with Crippen molar-refractivity contribution in [3.63, 3.8) is 0 Å². The van der Waals surface area contributed by atoms with Gasteiger partial charge in [-0.05, 0) is 6.92 Å². The van der Waals surface area contributed by atoms with Gasteiger partial charge in [0.2, 0.25) is 0 Å². The molecule has 2 rings (SSSR count). The van der Waals surface area contributed by atoms with Crippen molar-refractivity contribution in [1.82, 2.24) is 0 Å². The highest BCUT2D eigenvalue weighted by Crippen LogP contribution is 2.12. The average Bonchev–Trinajstić information content (AvgIpc) is 3.08. The van der Waals surface area contributed by atoms with Crippen LogP contribution < -0.4 is 0 Å². The predicted octanol–water partition coefficient (Wildman–Crippen LogP) is 0.180. The minimum absolute atomic E-state index is 0.264. The lowest BCUT2D eigenvalue weighted by molar-refractivity contribution is -0.172. The Labute approximate surface area is 89.6 Å². The van der Waals surface area contributed by atoms with Crippen molar-refractivity contribution in [1.29, 1.82) is 0 Å². The number of ether oxygens (including phenoxy) is 5. The Morgan fingerprint density at radius 1 is 1.13 bits per heavy atom. The Bertz CT molecular complexity index is 179. The van der Waals surface area contributed by atoms with Crippen LogP contribution in [-0.2, 0) is 23.7 Å². The quantitative estimate of drug-likeness (QED) is 0.408. The van der Waals surface area contributed by atoms with Crippen molar-refractivity contribution in [3.8, 4) is 0 Å². The van der Waals surface area contributed by atoms with E-state index < -0.39 is 0 Å². The smallest absolute Gasteiger partial charge is 0.180 e. The molecule has 2 aliphatic rings. The molecule has 3 atom stereocenters. The molecule has 0 aromatic rings. The monoisotopic (exact) mass is 218 g/mol. The molecule has 0 radical (unpaired) electrons. The molecule has 0 bridgehead atoms. The van der Waals surface area contributed by atoms with Crippen molar-refractivity contribution >= 4 is 0 Å². The first-order chi connectivity index (χ1) is 7.38. The Hall–Kier alpha value is -0.200. The molecule has 2 aliphatic heterocycles. The number of rotatable bonds is 9. The molecular formula is C10H18O5. The fourth-order valence-electron chi connectivity index (χ4n) is 1.17. The van der Waals surface area contributed by atoms with Crippen LogP contribution in [0.2, 0.25) is 0 Å². The maximum absolute atomic E-state index is 5.50. The van der Waals surface area contributed by atoms with Crippen molar-refractivity contribution in [2.75, 3.05) is 39.6 Å². The molecule has 0 N–H and O–H groups in total. The van der Waals surface area contributed by atoms with Gasteiger partial charge in [-0.25, -0.2) is 0 Å². The topological polar surface area (TPSA) is 52.8 Å². The lowest BCUT2D eigenvalue weighted by Gasteiger charge is -2.16. The molecular weight excluding hydrogens is 200 g/mol. The minimum atomic E-state index is -0.280. The Morgan fingerprint density at radius 3 is 2.40 bits per heavy atom. The molecule has 2 saturated heterocycles. The summed E-state index contributed by atoms with van der Waals surface area (Å²) in [5, 5.41) is 0. The molecule has 5 heteroatoms. The summed E-state index contributed by atoms with van der Waals surface area (Å²) < 4.78 is 26.4. The Morgan fingerprint density at radius 2 is 1.80 bits per heavy atom. The van der Waals surface area contributed by atoms with Crippen molar-refractivity contribution in [2.24, 2.45) is 0 Å². The van der Waals surface area contributed by atoms with Crippen LogP contribution in [0.25, 0.3) is 0 Å². The zero-order valence-electron chi connectivity index (χ0n) is 9.02. The van der Waals surface area contributed by atoms with Crippen molar-refractivity contribution in [3.05, 3.63) is 0 Å². The molecule has 0 aliphatic carbocycles. The maximum atomic E-state index is 5.50. The summed E-state index contributed by atoms with van der Waals surface area (Å²) in [7, 11) is 0. The second kappa shape index (κ2) is 5.77. The molecule has 0 saturated carbocycles. The van der Waals surface area contributed by atoms with Crippen LogP contribution in [0.1, 0.15) is 6.92 Å². The fraction of sp³-hybridized carbons (Fsp3) is 1.00. The van der Waals surface area contributed by atoms with Crippen LogP contribution >= 0.6 is 0 Å². The van der Waals surface area contributed by atoms with E-state index in [1.807, 2.05) is 6.92 Å². The highest BCUT2D eigenvalue weighted by Gasteiger charge is 2.26. The molecule has 5 nitrogen and oxygen atoms in total. The second-order valence-corrected chi connectivity index (χ2v) is 3.67. The van der Waals surface area contributed by atoms with Crippen LogP contribution in [0.4, 0.5) is 0 Å². The zero-order chi connectivity index (χ0) is 10.5. The summed E-state index contributed by atoms with van der Waals surface area (Å²) in [4.78, 5) is 0. The SMILES string of the molecule is CCOC(COCC1CO1)OCC1CO1. The number of epoxide rings is 2. The summed E-state index contributed by atoms with van der Waals surface area (Å²) in [5.41, 5.74) is 0. The van der Waals surface area contributed by atoms with Crippen LogP contribution in [0.5, 0.6) is 0 Å². The van der Waals surface area contributed by atoms with Crippen molar-refractivity contribution in [2.45, 2.75) is 25.4 Å². The van der Waals surface area contributed by atoms with E-state index in [-0.39, 0.29) is 12.4 Å². The van der Waals surface area contributed by atoms with Gasteiger partial charge >= 0.3 is 0 Å². The van der Waals surface area contributed by atoms with Gasteiger partial charge in [0.15, 0.2) is 6.29 Å². The number of hydrogen-bond acceptors (Lipinski definition) is 5. The molecule has 88 valence electrons. The third-order valence-electron chi connectivity index (χ3n) is 2.18. The van der Waals surface area contributed by atoms with E-state index >= 15 is 0 Å². The Balaban J connectivity index is 1.53. The average molecular weight is 218 g/mol. The van der Waals surface area contributed by atoms with E-state index in [0.29, 0.717) is 32.5 Å². The third kappa shape index (κ3) is 4.90. The highest BCUT2D eigenvalue weighted by molar-refractivity contribution is 4.69. The molecule has 0 aromatic heterocycles. The molecule has 2 fully saturated rings. The van der Waals surface area contributed by atoms with Crippen molar-refractivity contribution < 1.29 is 23.7 Å². The summed E-state index contributed by atoms with van der Waals surface area (Å²) >= 11 is 0. The molecule has 0 spiro atoms. The Kier molecular flexibility index (Phi) is 4.34. The van der Waals surface area contributed by atoms with Crippen LogP contribution in [0, 0.1) is 0 Å². The van der Waals surface area contributed by atoms with Gasteiger partial charge in [-0.2, -0.15) is 0 Å². The van der Waals surface area contributed by atoms with E-state index in [4.69, 9.17) is 23.7 Å². The van der Waals surface area contributed by atoms with Gasteiger partial charge in [-0.15, -0.1) is 0 Å². The number of hydrogen-bond donors (Lipinski definition) is 0. The fourth-order valence-corrected chi connectivity index (χ4v) is 1.17. The zero-order valence-corrected chi connectivity index (χ0v) is 9.02. The molecule has 3 unspecified atom stereocenters. The van der Waals surface area contributed by atoms with Crippen LogP contribution in [0.15, 0.2) is 0 Å². The largest absolute Gasteiger partial charge is 0.373 e. The predicted molar refractivity (Wildman–Crippen MR) is 51.7 cm³/mol. The first kappa shape index (κ1) is 11.3. The second-order valence-electron chi connectivity index (χ2n) is 3.67. The van der Waals surface area contributed by atoms with E-state index in [1.165, 1.54) is 0 Å².